The van der Waals surface area contributed by atoms with Gasteiger partial charge in [0.25, 0.3) is 0 Å². The van der Waals surface area contributed by atoms with Crippen molar-refractivity contribution in [1.29, 1.82) is 0 Å². The van der Waals surface area contributed by atoms with E-state index in [4.69, 9.17) is 0 Å². The fourth-order valence-corrected chi connectivity index (χ4v) is 0.992. The van der Waals surface area contributed by atoms with Gasteiger partial charge in [0.1, 0.15) is 6.33 Å². The van der Waals surface area contributed by atoms with Crippen molar-refractivity contribution in [1.82, 2.24) is 25.4 Å². The molecule has 1 aromatic heterocycles. The highest BCUT2D eigenvalue weighted by atomic mass is 16.1. The summed E-state index contributed by atoms with van der Waals surface area (Å²) in [6, 6.07) is 0. The van der Waals surface area contributed by atoms with Gasteiger partial charge in [0.2, 0.25) is 5.91 Å². The predicted molar refractivity (Wildman–Crippen MR) is 51.4 cm³/mol. The van der Waals surface area contributed by atoms with Crippen molar-refractivity contribution in [3.05, 3.63) is 12.2 Å². The van der Waals surface area contributed by atoms with Gasteiger partial charge >= 0.3 is 0 Å². The summed E-state index contributed by atoms with van der Waals surface area (Å²) in [4.78, 5) is 14.6. The monoisotopic (exact) mass is 197 g/mol. The summed E-state index contributed by atoms with van der Waals surface area (Å²) in [5.74, 6) is 0.748. The van der Waals surface area contributed by atoms with Gasteiger partial charge in [-0.05, 0) is 0 Å². The number of carbonyl (C=O) groups excluding carboxylic acids is 1. The van der Waals surface area contributed by atoms with Crippen LogP contribution in [0.2, 0.25) is 0 Å². The van der Waals surface area contributed by atoms with E-state index in [0.29, 0.717) is 13.1 Å². The Hall–Kier alpha value is -1.43. The van der Waals surface area contributed by atoms with Gasteiger partial charge < -0.3 is 10.6 Å². The lowest BCUT2D eigenvalue weighted by molar-refractivity contribution is -0.118. The molecule has 1 rings (SSSR count). The van der Waals surface area contributed by atoms with Gasteiger partial charge in [-0.15, -0.1) is 0 Å². The number of hydrogen-bond donors (Lipinski definition) is 2. The highest BCUT2D eigenvalue weighted by Crippen LogP contribution is 1.85. The SMILES string of the molecule is CC(=O)NCCNCc1ncn(C)n1. The van der Waals surface area contributed by atoms with E-state index in [2.05, 4.69) is 20.7 Å². The Kier molecular flexibility index (Phi) is 4.06. The molecule has 0 atom stereocenters. The maximum Gasteiger partial charge on any atom is 0.216 e. The first kappa shape index (κ1) is 10.6. The molecule has 1 heterocycles. The molecule has 14 heavy (non-hydrogen) atoms. The molecule has 0 aliphatic heterocycles. The van der Waals surface area contributed by atoms with Crippen LogP contribution in [0.15, 0.2) is 6.33 Å². The summed E-state index contributed by atoms with van der Waals surface area (Å²) >= 11 is 0. The zero-order chi connectivity index (χ0) is 10.4. The fraction of sp³-hybridized carbons (Fsp3) is 0.625. The number of amides is 1. The number of carbonyl (C=O) groups is 1. The van der Waals surface area contributed by atoms with Crippen LogP contribution >= 0.6 is 0 Å². The summed E-state index contributed by atoms with van der Waals surface area (Å²) < 4.78 is 1.66. The highest BCUT2D eigenvalue weighted by molar-refractivity contribution is 5.72. The Labute approximate surface area is 82.7 Å². The first-order valence-electron chi connectivity index (χ1n) is 4.48. The Morgan fingerprint density at radius 1 is 1.57 bits per heavy atom. The first-order chi connectivity index (χ1) is 6.68. The predicted octanol–water partition coefficient (Wildman–Crippen LogP) is -0.959. The molecule has 2 N–H and O–H groups in total. The third kappa shape index (κ3) is 3.99. The molecule has 0 saturated carbocycles. The number of aryl methyl sites for hydroxylation is 1. The quantitative estimate of drug-likeness (QED) is 0.596. The topological polar surface area (TPSA) is 71.8 Å². The second kappa shape index (κ2) is 5.33. The Morgan fingerprint density at radius 2 is 2.36 bits per heavy atom. The third-order valence-electron chi connectivity index (χ3n) is 1.61. The minimum atomic E-state index is -0.0113. The summed E-state index contributed by atoms with van der Waals surface area (Å²) in [6.45, 7) is 3.47. The average Bonchev–Trinajstić information content (AvgIpc) is 2.50. The number of nitrogens with one attached hydrogen (secondary N) is 2. The lowest BCUT2D eigenvalue weighted by atomic mass is 10.5. The van der Waals surface area contributed by atoms with Crippen molar-refractivity contribution in [3.63, 3.8) is 0 Å². The van der Waals surface area contributed by atoms with E-state index in [1.165, 1.54) is 6.92 Å². The van der Waals surface area contributed by atoms with Crippen molar-refractivity contribution >= 4 is 5.91 Å². The molecule has 0 saturated heterocycles. The minimum Gasteiger partial charge on any atom is -0.355 e. The van der Waals surface area contributed by atoms with Gasteiger partial charge in [0, 0.05) is 27.1 Å². The van der Waals surface area contributed by atoms with Crippen molar-refractivity contribution in [2.45, 2.75) is 13.5 Å². The van der Waals surface area contributed by atoms with Crippen LogP contribution in [0.4, 0.5) is 0 Å². The molecule has 0 aliphatic carbocycles. The molecule has 6 nitrogen and oxygen atoms in total. The van der Waals surface area contributed by atoms with Gasteiger partial charge in [0.15, 0.2) is 5.82 Å². The molecule has 0 bridgehead atoms. The molecule has 0 aromatic carbocycles. The van der Waals surface area contributed by atoms with Crippen molar-refractivity contribution < 1.29 is 4.79 Å². The summed E-state index contributed by atoms with van der Waals surface area (Å²) in [6.07, 6.45) is 1.66. The average molecular weight is 197 g/mol. The van der Waals surface area contributed by atoms with E-state index < -0.39 is 0 Å². The zero-order valence-electron chi connectivity index (χ0n) is 8.45. The van der Waals surface area contributed by atoms with E-state index in [0.717, 1.165) is 12.4 Å². The van der Waals surface area contributed by atoms with Gasteiger partial charge in [-0.2, -0.15) is 5.10 Å². The van der Waals surface area contributed by atoms with Crippen LogP contribution in [0, 0.1) is 0 Å². The van der Waals surface area contributed by atoms with Crippen LogP contribution in [0.25, 0.3) is 0 Å². The zero-order valence-corrected chi connectivity index (χ0v) is 8.45. The molecule has 0 radical (unpaired) electrons. The lowest BCUT2D eigenvalue weighted by Crippen LogP contribution is -2.30. The number of aromatic nitrogens is 3. The first-order valence-corrected chi connectivity index (χ1v) is 4.48. The summed E-state index contributed by atoms with van der Waals surface area (Å²) in [7, 11) is 1.83. The Bertz CT molecular complexity index is 296. The van der Waals surface area contributed by atoms with Gasteiger partial charge in [-0.1, -0.05) is 0 Å². The van der Waals surface area contributed by atoms with Crippen LogP contribution < -0.4 is 10.6 Å². The third-order valence-corrected chi connectivity index (χ3v) is 1.61. The van der Waals surface area contributed by atoms with Crippen LogP contribution in [0.3, 0.4) is 0 Å². The number of nitrogens with zero attached hydrogens (tertiary/aromatic N) is 3. The van der Waals surface area contributed by atoms with Crippen LogP contribution in [0.1, 0.15) is 12.7 Å². The maximum atomic E-state index is 10.5. The normalized spacial score (nSPS) is 10.1. The number of hydrogen-bond acceptors (Lipinski definition) is 4. The van der Waals surface area contributed by atoms with Crippen LogP contribution in [-0.4, -0.2) is 33.8 Å². The molecular formula is C8H15N5O. The number of rotatable bonds is 5. The molecule has 1 aromatic rings. The molecule has 1 amide bonds. The summed E-state index contributed by atoms with van der Waals surface area (Å²) in [5, 5.41) is 9.91. The van der Waals surface area contributed by atoms with E-state index in [1.807, 2.05) is 7.05 Å². The van der Waals surface area contributed by atoms with Crippen molar-refractivity contribution in [2.75, 3.05) is 13.1 Å². The van der Waals surface area contributed by atoms with E-state index >= 15 is 0 Å². The van der Waals surface area contributed by atoms with Gasteiger partial charge in [0.05, 0.1) is 6.54 Å². The highest BCUT2D eigenvalue weighted by Gasteiger charge is 1.97. The largest absolute Gasteiger partial charge is 0.355 e. The Balaban J connectivity index is 2.07. The van der Waals surface area contributed by atoms with E-state index in [9.17, 15) is 4.79 Å². The lowest BCUT2D eigenvalue weighted by Gasteiger charge is -2.02. The van der Waals surface area contributed by atoms with Crippen LogP contribution in [0.5, 0.6) is 0 Å². The maximum absolute atomic E-state index is 10.5. The smallest absolute Gasteiger partial charge is 0.216 e. The molecular weight excluding hydrogens is 182 g/mol. The second-order valence-corrected chi connectivity index (χ2v) is 2.99. The standard InChI is InChI=1S/C8H15N5O/c1-7(14)10-4-3-9-5-8-11-6-13(2)12-8/h6,9H,3-5H2,1-2H3,(H,10,14). The molecule has 0 unspecified atom stereocenters. The molecule has 0 aliphatic rings. The summed E-state index contributed by atoms with van der Waals surface area (Å²) in [5.41, 5.74) is 0. The Morgan fingerprint density at radius 3 is 2.93 bits per heavy atom. The molecule has 78 valence electrons. The fourth-order valence-electron chi connectivity index (χ4n) is 0.992. The molecule has 0 fully saturated rings. The van der Waals surface area contributed by atoms with Crippen molar-refractivity contribution in [3.8, 4) is 0 Å². The van der Waals surface area contributed by atoms with Gasteiger partial charge in [-0.25, -0.2) is 4.98 Å². The van der Waals surface area contributed by atoms with Crippen LogP contribution in [-0.2, 0) is 18.4 Å². The van der Waals surface area contributed by atoms with E-state index in [-0.39, 0.29) is 5.91 Å². The van der Waals surface area contributed by atoms with E-state index in [1.54, 1.807) is 11.0 Å². The van der Waals surface area contributed by atoms with Crippen molar-refractivity contribution in [2.24, 2.45) is 7.05 Å². The van der Waals surface area contributed by atoms with Gasteiger partial charge in [-0.3, -0.25) is 9.48 Å². The molecule has 6 heteroatoms. The second-order valence-electron chi connectivity index (χ2n) is 2.99. The minimum absolute atomic E-state index is 0.0113. The molecule has 0 spiro atoms.